The molecule has 0 unspecified atom stereocenters. The highest BCUT2D eigenvalue weighted by Gasteiger charge is 2.39. The summed E-state index contributed by atoms with van der Waals surface area (Å²) >= 11 is 0. The molecule has 8 N–H and O–H groups in total. The summed E-state index contributed by atoms with van der Waals surface area (Å²) in [4.78, 5) is 75.3. The van der Waals surface area contributed by atoms with Crippen LogP contribution in [0.2, 0.25) is 0 Å². The summed E-state index contributed by atoms with van der Waals surface area (Å²) in [6.07, 6.45) is 1.40. The molecule has 0 aromatic heterocycles. The molecule has 0 bridgehead atoms. The first-order valence-corrected chi connectivity index (χ1v) is 12.8. The summed E-state index contributed by atoms with van der Waals surface area (Å²) in [7, 11) is 0. The number of carbonyl (C=O) groups excluding carboxylic acids is 5. The lowest BCUT2D eigenvalue weighted by Gasteiger charge is -2.31. The summed E-state index contributed by atoms with van der Waals surface area (Å²) in [5.74, 6) is -4.42. The van der Waals surface area contributed by atoms with Crippen LogP contribution >= 0.6 is 0 Å². The van der Waals surface area contributed by atoms with Gasteiger partial charge in [-0.05, 0) is 38.0 Å². The van der Waals surface area contributed by atoms with E-state index in [9.17, 15) is 28.8 Å². The molecule has 1 aliphatic rings. The van der Waals surface area contributed by atoms with Crippen LogP contribution in [0.3, 0.4) is 0 Å². The van der Waals surface area contributed by atoms with E-state index in [0.717, 1.165) is 0 Å². The summed E-state index contributed by atoms with van der Waals surface area (Å²) in [6.45, 7) is 7.77. The Morgan fingerprint density at radius 2 is 1.61 bits per heavy atom. The van der Waals surface area contributed by atoms with E-state index in [0.29, 0.717) is 25.8 Å². The molecule has 0 saturated carbocycles. The van der Waals surface area contributed by atoms with Crippen LogP contribution in [-0.4, -0.2) is 101 Å². The van der Waals surface area contributed by atoms with Gasteiger partial charge in [0.2, 0.25) is 29.5 Å². The van der Waals surface area contributed by atoms with Crippen molar-refractivity contribution in [2.45, 2.75) is 84.1 Å². The van der Waals surface area contributed by atoms with Crippen LogP contribution in [0, 0.1) is 11.8 Å². The number of nitrogens with zero attached hydrogens (tertiary/aromatic N) is 1. The Morgan fingerprint density at radius 3 is 2.13 bits per heavy atom. The van der Waals surface area contributed by atoms with E-state index >= 15 is 0 Å². The van der Waals surface area contributed by atoms with Crippen LogP contribution in [-0.2, 0) is 28.8 Å². The molecule has 1 rings (SSSR count). The molecule has 1 fully saturated rings. The molecule has 0 aliphatic carbocycles. The van der Waals surface area contributed by atoms with E-state index in [1.165, 1.54) is 11.8 Å². The first-order valence-electron chi connectivity index (χ1n) is 12.8. The number of carboxylic acid groups (broad SMARTS) is 1. The van der Waals surface area contributed by atoms with Crippen molar-refractivity contribution in [3.05, 3.63) is 0 Å². The fourth-order valence-electron chi connectivity index (χ4n) is 4.00. The van der Waals surface area contributed by atoms with Gasteiger partial charge in [0.1, 0.15) is 24.2 Å². The maximum absolute atomic E-state index is 13.3. The number of likely N-dealkylation sites (tertiary alicyclic amines) is 1. The number of hydrogen-bond donors (Lipinski definition) is 7. The van der Waals surface area contributed by atoms with E-state index in [4.69, 9.17) is 15.9 Å². The van der Waals surface area contributed by atoms with E-state index in [-0.39, 0.29) is 11.8 Å². The molecule has 5 amide bonds. The molecule has 0 aromatic carbocycles. The number of aliphatic carboxylic acids is 1. The number of amides is 5. The van der Waals surface area contributed by atoms with E-state index < -0.39 is 78.9 Å². The largest absolute Gasteiger partial charge is 0.480 e. The first-order chi connectivity index (χ1) is 17.7. The zero-order valence-corrected chi connectivity index (χ0v) is 22.7. The predicted molar refractivity (Wildman–Crippen MR) is 136 cm³/mol. The Kier molecular flexibility index (Phi) is 13.1. The van der Waals surface area contributed by atoms with Gasteiger partial charge in [0, 0.05) is 6.54 Å². The zero-order valence-electron chi connectivity index (χ0n) is 22.7. The lowest BCUT2D eigenvalue weighted by atomic mass is 9.99. The van der Waals surface area contributed by atoms with Crippen LogP contribution in [0.25, 0.3) is 0 Å². The second-order valence-corrected chi connectivity index (χ2v) is 10.2. The number of hydrogen-bond acceptors (Lipinski definition) is 8. The molecule has 38 heavy (non-hydrogen) atoms. The molecule has 0 radical (unpaired) electrons. The monoisotopic (exact) mass is 542 g/mol. The van der Waals surface area contributed by atoms with Gasteiger partial charge in [0.05, 0.1) is 19.2 Å². The molecule has 0 spiro atoms. The SMILES string of the molecule is CC(C)C[C@H](N)C(=O)N[C@H](C(=O)N1CCC[C@H]1C(=O)N[C@@H](C)C(=O)NCC(=O)N[C@@H](CO)C(=O)O)C(C)C. The molecule has 1 aliphatic heterocycles. The second kappa shape index (κ2) is 15.2. The van der Waals surface area contributed by atoms with Gasteiger partial charge in [-0.25, -0.2) is 4.79 Å². The molecular weight excluding hydrogens is 500 g/mol. The third-order valence-electron chi connectivity index (χ3n) is 6.12. The minimum absolute atomic E-state index is 0.200. The smallest absolute Gasteiger partial charge is 0.328 e. The first kappa shape index (κ1) is 32.8. The second-order valence-electron chi connectivity index (χ2n) is 10.2. The van der Waals surface area contributed by atoms with Gasteiger partial charge in [-0.15, -0.1) is 0 Å². The molecule has 5 atom stereocenters. The molecule has 14 heteroatoms. The van der Waals surface area contributed by atoms with E-state index in [1.54, 1.807) is 13.8 Å². The Labute approximate surface area is 222 Å². The van der Waals surface area contributed by atoms with Gasteiger partial charge in [0.25, 0.3) is 0 Å². The summed E-state index contributed by atoms with van der Waals surface area (Å²) in [6, 6.07) is -5.04. The standard InChI is InChI=1S/C24H42N6O8/c1-12(2)9-15(25)21(34)29-19(13(3)4)23(36)30-8-6-7-17(30)22(35)27-14(5)20(33)26-10-18(32)28-16(11-31)24(37)38/h12-17,19,31H,6-11,25H2,1-5H3,(H,26,33)(H,27,35)(H,28,32)(H,29,34)(H,37,38)/t14-,15-,16-,17-,19-/m0/s1. The van der Waals surface area contributed by atoms with Gasteiger partial charge in [-0.1, -0.05) is 27.7 Å². The van der Waals surface area contributed by atoms with Crippen LogP contribution in [0.1, 0.15) is 53.9 Å². The maximum Gasteiger partial charge on any atom is 0.328 e. The van der Waals surface area contributed by atoms with Crippen LogP contribution < -0.4 is 27.0 Å². The molecule has 216 valence electrons. The minimum Gasteiger partial charge on any atom is -0.480 e. The van der Waals surface area contributed by atoms with Crippen LogP contribution in [0.5, 0.6) is 0 Å². The van der Waals surface area contributed by atoms with E-state index in [1.807, 2.05) is 19.2 Å². The molecule has 14 nitrogen and oxygen atoms in total. The number of aliphatic hydroxyl groups is 1. The van der Waals surface area contributed by atoms with Gasteiger partial charge >= 0.3 is 5.97 Å². The number of carboxylic acids is 1. The summed E-state index contributed by atoms with van der Waals surface area (Å²) in [5, 5.41) is 27.4. The van der Waals surface area contributed by atoms with Crippen molar-refractivity contribution in [2.75, 3.05) is 19.7 Å². The number of rotatable bonds is 14. The van der Waals surface area contributed by atoms with Crippen molar-refractivity contribution in [1.82, 2.24) is 26.2 Å². The Morgan fingerprint density at radius 1 is 0.974 bits per heavy atom. The fraction of sp³-hybridized carbons (Fsp3) is 0.750. The van der Waals surface area contributed by atoms with Crippen molar-refractivity contribution in [3.63, 3.8) is 0 Å². The number of aliphatic hydroxyl groups excluding tert-OH is 1. The Hall–Kier alpha value is -3.26. The topological polar surface area (TPSA) is 220 Å². The number of nitrogens with one attached hydrogen (secondary N) is 4. The van der Waals surface area contributed by atoms with Gasteiger partial charge < -0.3 is 42.1 Å². The molecular formula is C24H42N6O8. The van der Waals surface area contributed by atoms with Gasteiger partial charge in [-0.3, -0.25) is 24.0 Å². The fourth-order valence-corrected chi connectivity index (χ4v) is 4.00. The summed E-state index contributed by atoms with van der Waals surface area (Å²) < 4.78 is 0. The third kappa shape index (κ3) is 9.89. The van der Waals surface area contributed by atoms with Crippen LogP contribution in [0.4, 0.5) is 0 Å². The highest BCUT2D eigenvalue weighted by atomic mass is 16.4. The van der Waals surface area contributed by atoms with Gasteiger partial charge in [0.15, 0.2) is 0 Å². The molecule has 1 heterocycles. The van der Waals surface area contributed by atoms with Crippen molar-refractivity contribution >= 4 is 35.5 Å². The van der Waals surface area contributed by atoms with E-state index in [2.05, 4.69) is 16.0 Å². The Bertz CT molecular complexity index is 880. The zero-order chi connectivity index (χ0) is 29.2. The number of carbonyl (C=O) groups is 6. The van der Waals surface area contributed by atoms with Gasteiger partial charge in [-0.2, -0.15) is 0 Å². The van der Waals surface area contributed by atoms with Crippen LogP contribution in [0.15, 0.2) is 0 Å². The van der Waals surface area contributed by atoms with Crippen molar-refractivity contribution < 1.29 is 39.0 Å². The van der Waals surface area contributed by atoms with Crippen molar-refractivity contribution in [2.24, 2.45) is 17.6 Å². The lowest BCUT2D eigenvalue weighted by molar-refractivity contribution is -0.143. The third-order valence-corrected chi connectivity index (χ3v) is 6.12. The average Bonchev–Trinajstić information content (AvgIpc) is 3.33. The van der Waals surface area contributed by atoms with Crippen molar-refractivity contribution in [3.8, 4) is 0 Å². The Balaban J connectivity index is 2.74. The number of nitrogens with two attached hydrogens (primary N) is 1. The molecule has 1 saturated heterocycles. The minimum atomic E-state index is -1.51. The van der Waals surface area contributed by atoms with Crippen molar-refractivity contribution in [1.29, 1.82) is 0 Å². The summed E-state index contributed by atoms with van der Waals surface area (Å²) in [5.41, 5.74) is 5.96. The highest BCUT2D eigenvalue weighted by Crippen LogP contribution is 2.21. The quantitative estimate of drug-likeness (QED) is 0.125. The maximum atomic E-state index is 13.3. The normalized spacial score (nSPS) is 18.3. The molecule has 0 aromatic rings. The lowest BCUT2D eigenvalue weighted by Crippen LogP contribution is -2.58. The highest BCUT2D eigenvalue weighted by molar-refractivity contribution is 5.96. The predicted octanol–water partition coefficient (Wildman–Crippen LogP) is -2.33. The average molecular weight is 543 g/mol.